The highest BCUT2D eigenvalue weighted by molar-refractivity contribution is 6.91. The van der Waals surface area contributed by atoms with Crippen molar-refractivity contribution in [2.75, 3.05) is 44.1 Å². The third-order valence-electron chi connectivity index (χ3n) is 12.5. The van der Waals surface area contributed by atoms with Gasteiger partial charge in [-0.1, -0.05) is 91.0 Å². The first-order chi connectivity index (χ1) is 29.2. The number of hydrogen-bond acceptors (Lipinski definition) is 7. The Morgan fingerprint density at radius 1 is 0.918 bits per heavy atom. The van der Waals surface area contributed by atoms with E-state index in [1.807, 2.05) is 65.6 Å². The topological polar surface area (TPSA) is 118 Å². The predicted octanol–water partition coefficient (Wildman–Crippen LogP) is 8.62. The van der Waals surface area contributed by atoms with Crippen molar-refractivity contribution < 1.29 is 33.7 Å². The quantitative estimate of drug-likeness (QED) is 0.0808. The van der Waals surface area contributed by atoms with Crippen LogP contribution in [0.5, 0.6) is 11.5 Å². The van der Waals surface area contributed by atoms with E-state index >= 15 is 4.79 Å². The number of hydrogen-bond donors (Lipinski definition) is 2. The molecular formula is C50H61N3O7Si. The molecule has 322 valence electrons. The second-order valence-electron chi connectivity index (χ2n) is 17.1. The average Bonchev–Trinajstić information content (AvgIpc) is 3.68. The molecule has 0 radical (unpaired) electrons. The molecule has 4 atom stereocenters. The number of ether oxygens (including phenoxy) is 3. The maximum absolute atomic E-state index is 15.5. The van der Waals surface area contributed by atoms with Gasteiger partial charge in [-0.15, -0.1) is 0 Å². The van der Waals surface area contributed by atoms with Gasteiger partial charge in [0.25, 0.3) is 11.8 Å². The number of carbonyl (C=O) groups excluding carboxylic acids is 3. The van der Waals surface area contributed by atoms with Gasteiger partial charge in [-0.05, 0) is 99.3 Å². The molecule has 4 aromatic carbocycles. The van der Waals surface area contributed by atoms with Crippen molar-refractivity contribution in [2.24, 2.45) is 5.92 Å². The second kappa shape index (κ2) is 19.5. The van der Waals surface area contributed by atoms with Crippen LogP contribution in [-0.2, 0) is 26.5 Å². The molecule has 0 aromatic heterocycles. The van der Waals surface area contributed by atoms with Gasteiger partial charge in [-0.2, -0.15) is 0 Å². The Bertz CT molecular complexity index is 2240. The van der Waals surface area contributed by atoms with Crippen LogP contribution in [0, 0.1) is 5.92 Å². The number of rotatable bonds is 17. The van der Waals surface area contributed by atoms with Crippen LogP contribution in [-0.4, -0.2) is 75.8 Å². The highest BCUT2D eigenvalue weighted by Crippen LogP contribution is 2.60. The Morgan fingerprint density at radius 2 is 1.57 bits per heavy atom. The Balaban J connectivity index is 1.44. The first kappa shape index (κ1) is 45.0. The summed E-state index contributed by atoms with van der Waals surface area (Å²) in [5.74, 6) is 0.377. The van der Waals surface area contributed by atoms with Gasteiger partial charge in [0.2, 0.25) is 5.91 Å². The van der Waals surface area contributed by atoms with E-state index in [2.05, 4.69) is 70.4 Å². The maximum Gasteiger partial charge on any atom is 0.264 e. The van der Waals surface area contributed by atoms with Crippen molar-refractivity contribution in [1.82, 2.24) is 4.90 Å². The summed E-state index contributed by atoms with van der Waals surface area (Å²) in [6.45, 7) is 13.6. The van der Waals surface area contributed by atoms with Crippen LogP contribution >= 0.6 is 0 Å². The molecule has 61 heavy (non-hydrogen) atoms. The number of aliphatic hydroxyl groups excluding tert-OH is 1. The molecule has 2 aliphatic heterocycles. The van der Waals surface area contributed by atoms with Crippen LogP contribution in [0.1, 0.15) is 68.4 Å². The number of methoxy groups -OCH3 is 2. The van der Waals surface area contributed by atoms with Crippen LogP contribution in [0.15, 0.2) is 120 Å². The molecule has 0 saturated carbocycles. The van der Waals surface area contributed by atoms with Gasteiger partial charge in [-0.25, -0.2) is 0 Å². The van der Waals surface area contributed by atoms with Crippen LogP contribution in [0.3, 0.4) is 0 Å². The predicted molar refractivity (Wildman–Crippen MR) is 245 cm³/mol. The van der Waals surface area contributed by atoms with E-state index < -0.39 is 19.8 Å². The molecule has 11 heteroatoms. The fourth-order valence-corrected chi connectivity index (χ4v) is 13.2. The van der Waals surface area contributed by atoms with Gasteiger partial charge in [0.1, 0.15) is 11.5 Å². The van der Waals surface area contributed by atoms with Crippen molar-refractivity contribution in [1.29, 1.82) is 0 Å². The normalized spacial score (nSPS) is 19.8. The van der Waals surface area contributed by atoms with Gasteiger partial charge >= 0.3 is 0 Å². The largest absolute Gasteiger partial charge is 0.497 e. The molecule has 6 rings (SSSR count). The summed E-state index contributed by atoms with van der Waals surface area (Å²) in [7, 11) is 0.633. The lowest BCUT2D eigenvalue weighted by Crippen LogP contribution is -2.52. The number of anilines is 2. The van der Waals surface area contributed by atoms with E-state index in [1.165, 1.54) is 11.1 Å². The minimum Gasteiger partial charge on any atom is -0.497 e. The van der Waals surface area contributed by atoms with E-state index in [1.54, 1.807) is 43.4 Å². The van der Waals surface area contributed by atoms with E-state index in [0.29, 0.717) is 41.3 Å². The molecule has 3 amide bonds. The number of fused-ring (bicyclic) bond motifs is 2. The number of benzene rings is 4. The van der Waals surface area contributed by atoms with Gasteiger partial charge in [0.15, 0.2) is 5.60 Å². The monoisotopic (exact) mass is 843 g/mol. The lowest BCUT2D eigenvalue weighted by molar-refractivity contribution is -0.149. The Kier molecular flexibility index (Phi) is 14.4. The standard InChI is InChI=1S/C50H61N3O7Si/c1-34(2)13-12-14-35(3)27-28-53-44-26-19-39(51-48(56)38-17-20-40(58-5)21-18-38)31-43(44)50(49(53)57)36(4)47(61(7,8)42-24-22-41(59-6)23-25-42)45(60-50)32-46(55)52(29-30-54)33-37-15-10-9-11-16-37/h9-11,13,15-27,31,36,45,47,54H,12,14,28-30,32-33H2,1-8H3,(H,51,56)/b35-27+/t36-,45+,47-,50+/m0/s1. The second-order valence-corrected chi connectivity index (χ2v) is 21.8. The summed E-state index contributed by atoms with van der Waals surface area (Å²) >= 11 is 0. The Hall–Kier alpha value is -5.49. The van der Waals surface area contributed by atoms with Crippen molar-refractivity contribution >= 4 is 42.4 Å². The lowest BCUT2D eigenvalue weighted by Gasteiger charge is -2.37. The van der Waals surface area contributed by atoms with E-state index in [4.69, 9.17) is 14.2 Å². The van der Waals surface area contributed by atoms with Crippen LogP contribution < -0.4 is 24.9 Å². The van der Waals surface area contributed by atoms with E-state index in [-0.39, 0.29) is 48.8 Å². The number of amides is 3. The molecular weight excluding hydrogens is 783 g/mol. The molecule has 1 saturated heterocycles. The highest BCUT2D eigenvalue weighted by Gasteiger charge is 2.66. The summed E-state index contributed by atoms with van der Waals surface area (Å²) in [6.07, 6.45) is 5.50. The number of nitrogens with one attached hydrogen (secondary N) is 1. The van der Waals surface area contributed by atoms with E-state index in [9.17, 15) is 14.7 Å². The van der Waals surface area contributed by atoms with Gasteiger partial charge in [0.05, 0.1) is 47.1 Å². The van der Waals surface area contributed by atoms with Crippen molar-refractivity contribution in [3.05, 3.63) is 137 Å². The molecule has 0 bridgehead atoms. The summed E-state index contributed by atoms with van der Waals surface area (Å²) in [5, 5.41) is 14.3. The van der Waals surface area contributed by atoms with Crippen LogP contribution in [0.25, 0.3) is 0 Å². The van der Waals surface area contributed by atoms with Crippen molar-refractivity contribution in [2.45, 2.75) is 83.8 Å². The van der Waals surface area contributed by atoms with E-state index in [0.717, 1.165) is 29.3 Å². The first-order valence-electron chi connectivity index (χ1n) is 21.2. The molecule has 2 heterocycles. The summed E-state index contributed by atoms with van der Waals surface area (Å²) in [6, 6.07) is 30.4. The summed E-state index contributed by atoms with van der Waals surface area (Å²) in [4.78, 5) is 47.1. The molecule has 0 unspecified atom stereocenters. The first-order valence-corrected chi connectivity index (χ1v) is 24.3. The number of carbonyl (C=O) groups is 3. The Morgan fingerprint density at radius 3 is 2.20 bits per heavy atom. The fourth-order valence-electron chi connectivity index (χ4n) is 9.17. The highest BCUT2D eigenvalue weighted by atomic mass is 28.3. The van der Waals surface area contributed by atoms with Gasteiger partial charge in [0, 0.05) is 42.4 Å². The summed E-state index contributed by atoms with van der Waals surface area (Å²) in [5.41, 5.74) is 4.12. The Labute approximate surface area is 362 Å². The van der Waals surface area contributed by atoms with Crippen LogP contribution in [0.2, 0.25) is 18.6 Å². The molecule has 1 spiro atoms. The maximum atomic E-state index is 15.5. The third kappa shape index (κ3) is 9.69. The smallest absolute Gasteiger partial charge is 0.264 e. The molecule has 0 aliphatic carbocycles. The zero-order valence-corrected chi connectivity index (χ0v) is 37.9. The fraction of sp³-hybridized carbons (Fsp3) is 0.380. The van der Waals surface area contributed by atoms with Crippen LogP contribution in [0.4, 0.5) is 11.4 Å². The van der Waals surface area contributed by atoms with Crippen molar-refractivity contribution in [3.63, 3.8) is 0 Å². The zero-order valence-electron chi connectivity index (χ0n) is 36.9. The number of nitrogens with zero attached hydrogens (tertiary/aromatic N) is 2. The third-order valence-corrected chi connectivity index (χ3v) is 16.8. The average molecular weight is 844 g/mol. The molecule has 2 N–H and O–H groups in total. The number of allylic oxidation sites excluding steroid dienone is 3. The minimum atomic E-state index is -2.59. The van der Waals surface area contributed by atoms with Gasteiger partial charge < -0.3 is 34.4 Å². The molecule has 4 aromatic rings. The SMILES string of the molecule is COc1ccc(C(=O)Nc2ccc3c(c2)[C@@]2(O[C@H](CC(=O)N(CCO)Cc4ccccc4)[C@@H]([Si](C)(C)c4ccc(OC)cc4)[C@@H]2C)C(=O)N3C/C=C(\C)CCC=C(C)C)cc1. The lowest BCUT2D eigenvalue weighted by atomic mass is 9.82. The van der Waals surface area contributed by atoms with Crippen molar-refractivity contribution in [3.8, 4) is 11.5 Å². The molecule has 10 nitrogen and oxygen atoms in total. The van der Waals surface area contributed by atoms with Gasteiger partial charge in [-0.3, -0.25) is 14.4 Å². The number of aliphatic hydroxyl groups is 1. The molecule has 2 aliphatic rings. The minimum absolute atomic E-state index is 0.0239. The zero-order chi connectivity index (χ0) is 43.9. The summed E-state index contributed by atoms with van der Waals surface area (Å²) < 4.78 is 18.1. The molecule has 1 fully saturated rings.